The highest BCUT2D eigenvalue weighted by molar-refractivity contribution is 5.93. The summed E-state index contributed by atoms with van der Waals surface area (Å²) >= 11 is 0. The van der Waals surface area contributed by atoms with Crippen molar-refractivity contribution in [3.8, 4) is 11.4 Å². The summed E-state index contributed by atoms with van der Waals surface area (Å²) < 4.78 is 7.08. The Kier molecular flexibility index (Phi) is 5.42. The monoisotopic (exact) mass is 417 g/mol. The first kappa shape index (κ1) is 19.8. The molecule has 31 heavy (non-hydrogen) atoms. The lowest BCUT2D eigenvalue weighted by Gasteiger charge is -2.34. The number of hydrogen-bond acceptors (Lipinski definition) is 5. The molecule has 1 amide bonds. The SMILES string of the molecule is COc1ccc(CN2CCN(C(=O)c3nnn(-c4ccccc4)c3C3CC3)CC2)cc1. The highest BCUT2D eigenvalue weighted by Crippen LogP contribution is 2.42. The Balaban J connectivity index is 1.26. The molecule has 2 aliphatic rings. The van der Waals surface area contributed by atoms with Gasteiger partial charge in [0.1, 0.15) is 5.75 Å². The van der Waals surface area contributed by atoms with Gasteiger partial charge in [-0.3, -0.25) is 9.69 Å². The first-order valence-corrected chi connectivity index (χ1v) is 10.9. The quantitative estimate of drug-likeness (QED) is 0.617. The molecule has 0 bridgehead atoms. The summed E-state index contributed by atoms with van der Waals surface area (Å²) in [6.07, 6.45) is 2.19. The number of carbonyl (C=O) groups excluding carboxylic acids is 1. The maximum Gasteiger partial charge on any atom is 0.276 e. The molecular formula is C24H27N5O2. The Hall–Kier alpha value is -3.19. The lowest BCUT2D eigenvalue weighted by molar-refractivity contribution is 0.0621. The number of rotatable bonds is 6. The second-order valence-corrected chi connectivity index (χ2v) is 8.26. The van der Waals surface area contributed by atoms with Crippen molar-refractivity contribution in [2.75, 3.05) is 33.3 Å². The average molecular weight is 418 g/mol. The molecule has 1 aromatic heterocycles. The summed E-state index contributed by atoms with van der Waals surface area (Å²) in [6.45, 7) is 3.99. The molecule has 0 atom stereocenters. The largest absolute Gasteiger partial charge is 0.497 e. The predicted octanol–water partition coefficient (Wildman–Crippen LogP) is 3.11. The number of benzene rings is 2. The van der Waals surface area contributed by atoms with Gasteiger partial charge in [-0.25, -0.2) is 4.68 Å². The van der Waals surface area contributed by atoms with Crippen LogP contribution in [0.2, 0.25) is 0 Å². The Morgan fingerprint density at radius 2 is 1.71 bits per heavy atom. The first-order valence-electron chi connectivity index (χ1n) is 10.9. The molecule has 0 N–H and O–H groups in total. The van der Waals surface area contributed by atoms with Crippen LogP contribution in [0.15, 0.2) is 54.6 Å². The average Bonchev–Trinajstić information content (AvgIpc) is 3.58. The number of aromatic nitrogens is 3. The zero-order chi connectivity index (χ0) is 21.2. The Labute approximate surface area is 182 Å². The zero-order valence-electron chi connectivity index (χ0n) is 17.8. The smallest absolute Gasteiger partial charge is 0.276 e. The van der Waals surface area contributed by atoms with Crippen LogP contribution < -0.4 is 4.74 Å². The molecule has 7 heteroatoms. The lowest BCUT2D eigenvalue weighted by atomic mass is 10.1. The van der Waals surface area contributed by atoms with Crippen molar-refractivity contribution in [2.45, 2.75) is 25.3 Å². The van der Waals surface area contributed by atoms with E-state index in [-0.39, 0.29) is 5.91 Å². The van der Waals surface area contributed by atoms with Crippen LogP contribution in [-0.2, 0) is 6.54 Å². The van der Waals surface area contributed by atoms with Crippen molar-refractivity contribution < 1.29 is 9.53 Å². The minimum atomic E-state index is 0.00757. The zero-order valence-corrected chi connectivity index (χ0v) is 17.8. The second-order valence-electron chi connectivity index (χ2n) is 8.26. The van der Waals surface area contributed by atoms with Gasteiger partial charge in [-0.15, -0.1) is 5.10 Å². The highest BCUT2D eigenvalue weighted by atomic mass is 16.5. The van der Waals surface area contributed by atoms with E-state index >= 15 is 0 Å². The minimum Gasteiger partial charge on any atom is -0.497 e. The maximum atomic E-state index is 13.3. The van der Waals surface area contributed by atoms with E-state index in [1.807, 2.05) is 52.0 Å². The van der Waals surface area contributed by atoms with Gasteiger partial charge in [-0.05, 0) is 42.7 Å². The van der Waals surface area contributed by atoms with Crippen molar-refractivity contribution in [3.05, 3.63) is 71.5 Å². The van der Waals surface area contributed by atoms with Crippen molar-refractivity contribution in [1.29, 1.82) is 0 Å². The number of ether oxygens (including phenoxy) is 1. The van der Waals surface area contributed by atoms with E-state index in [0.717, 1.165) is 49.6 Å². The number of para-hydroxylation sites is 1. The van der Waals surface area contributed by atoms with Crippen molar-refractivity contribution in [1.82, 2.24) is 24.8 Å². The molecule has 160 valence electrons. The summed E-state index contributed by atoms with van der Waals surface area (Å²) in [5, 5.41) is 8.68. The van der Waals surface area contributed by atoms with Crippen LogP contribution in [0.5, 0.6) is 5.75 Å². The van der Waals surface area contributed by atoms with Crippen LogP contribution in [-0.4, -0.2) is 64.0 Å². The number of nitrogens with zero attached hydrogens (tertiary/aromatic N) is 5. The molecule has 2 heterocycles. The molecule has 1 aliphatic heterocycles. The van der Waals surface area contributed by atoms with E-state index in [1.54, 1.807) is 7.11 Å². The summed E-state index contributed by atoms with van der Waals surface area (Å²) in [7, 11) is 1.68. The van der Waals surface area contributed by atoms with E-state index in [0.29, 0.717) is 24.7 Å². The van der Waals surface area contributed by atoms with Crippen LogP contribution in [0.4, 0.5) is 0 Å². The van der Waals surface area contributed by atoms with Gasteiger partial charge in [0.05, 0.1) is 18.5 Å². The van der Waals surface area contributed by atoms with Crippen molar-refractivity contribution >= 4 is 5.91 Å². The van der Waals surface area contributed by atoms with Crippen LogP contribution in [0.1, 0.15) is 40.5 Å². The molecule has 2 fully saturated rings. The van der Waals surface area contributed by atoms with Gasteiger partial charge in [-0.1, -0.05) is 35.5 Å². The van der Waals surface area contributed by atoms with Gasteiger partial charge in [0.25, 0.3) is 5.91 Å². The van der Waals surface area contributed by atoms with Crippen LogP contribution in [0.25, 0.3) is 5.69 Å². The highest BCUT2D eigenvalue weighted by Gasteiger charge is 2.36. The number of amides is 1. The van der Waals surface area contributed by atoms with Crippen LogP contribution in [0, 0.1) is 0 Å². The molecule has 0 spiro atoms. The standard InChI is InChI=1S/C24H27N5O2/c1-31-21-11-7-18(8-12-21)17-27-13-15-28(16-14-27)24(30)22-23(19-9-10-19)29(26-25-22)20-5-3-2-4-6-20/h2-8,11-12,19H,9-10,13-17H2,1H3. The fourth-order valence-electron chi connectivity index (χ4n) is 4.17. The molecular weight excluding hydrogens is 390 g/mol. The van der Waals surface area contributed by atoms with Gasteiger partial charge >= 0.3 is 0 Å². The number of piperazine rings is 1. The summed E-state index contributed by atoms with van der Waals surface area (Å²) in [4.78, 5) is 17.6. The third kappa shape index (κ3) is 4.18. The van der Waals surface area contributed by atoms with E-state index in [4.69, 9.17) is 4.74 Å². The second kappa shape index (κ2) is 8.51. The molecule has 0 radical (unpaired) electrons. The maximum absolute atomic E-state index is 13.3. The van der Waals surface area contributed by atoms with Crippen molar-refractivity contribution in [3.63, 3.8) is 0 Å². The van der Waals surface area contributed by atoms with Gasteiger partial charge in [0, 0.05) is 38.6 Å². The summed E-state index contributed by atoms with van der Waals surface area (Å²) in [5.41, 5.74) is 3.70. The molecule has 1 saturated heterocycles. The van der Waals surface area contributed by atoms with Gasteiger partial charge < -0.3 is 9.64 Å². The molecule has 3 aromatic rings. The fraction of sp³-hybridized carbons (Fsp3) is 0.375. The predicted molar refractivity (Wildman–Crippen MR) is 118 cm³/mol. The van der Waals surface area contributed by atoms with Gasteiger partial charge in [0.2, 0.25) is 0 Å². The first-order chi connectivity index (χ1) is 15.2. The molecule has 7 nitrogen and oxygen atoms in total. The van der Waals surface area contributed by atoms with E-state index in [9.17, 15) is 4.79 Å². The lowest BCUT2D eigenvalue weighted by Crippen LogP contribution is -2.48. The molecule has 1 saturated carbocycles. The van der Waals surface area contributed by atoms with Crippen LogP contribution >= 0.6 is 0 Å². The topological polar surface area (TPSA) is 63.5 Å². The van der Waals surface area contributed by atoms with E-state index in [1.165, 1.54) is 5.56 Å². The summed E-state index contributed by atoms with van der Waals surface area (Å²) in [5.74, 6) is 1.26. The third-order valence-electron chi connectivity index (χ3n) is 6.10. The normalized spacial score (nSPS) is 17.0. The third-order valence-corrected chi connectivity index (χ3v) is 6.10. The minimum absolute atomic E-state index is 0.00757. The van der Waals surface area contributed by atoms with Gasteiger partial charge in [-0.2, -0.15) is 0 Å². The molecule has 0 unspecified atom stereocenters. The van der Waals surface area contributed by atoms with E-state index in [2.05, 4.69) is 27.3 Å². The van der Waals surface area contributed by atoms with Gasteiger partial charge in [0.15, 0.2) is 5.69 Å². The fourth-order valence-corrected chi connectivity index (χ4v) is 4.17. The summed E-state index contributed by atoms with van der Waals surface area (Å²) in [6, 6.07) is 18.1. The Morgan fingerprint density at radius 3 is 2.35 bits per heavy atom. The number of methoxy groups -OCH3 is 1. The number of carbonyl (C=O) groups is 1. The van der Waals surface area contributed by atoms with Crippen molar-refractivity contribution in [2.24, 2.45) is 0 Å². The Morgan fingerprint density at radius 1 is 1.00 bits per heavy atom. The molecule has 2 aromatic carbocycles. The van der Waals surface area contributed by atoms with Crippen LogP contribution in [0.3, 0.4) is 0 Å². The molecule has 5 rings (SSSR count). The van der Waals surface area contributed by atoms with E-state index < -0.39 is 0 Å². The number of hydrogen-bond donors (Lipinski definition) is 0. The Bertz CT molecular complexity index is 1040. The molecule has 1 aliphatic carbocycles.